The second-order valence-corrected chi connectivity index (χ2v) is 7.35. The number of nitrogens with zero attached hydrogens (tertiary/aromatic N) is 1. The van der Waals surface area contributed by atoms with Gasteiger partial charge >= 0.3 is 0 Å². The minimum Gasteiger partial charge on any atom is -0.340 e. The van der Waals surface area contributed by atoms with E-state index in [1.165, 1.54) is 6.26 Å². The maximum Gasteiger partial charge on any atom is 0.239 e. The first-order valence-corrected chi connectivity index (χ1v) is 8.24. The van der Waals surface area contributed by atoms with Crippen molar-refractivity contribution in [1.82, 2.24) is 10.2 Å². The van der Waals surface area contributed by atoms with Crippen LogP contribution >= 0.6 is 0 Å². The summed E-state index contributed by atoms with van der Waals surface area (Å²) in [6.45, 7) is 1.03. The third-order valence-corrected chi connectivity index (χ3v) is 4.20. The van der Waals surface area contributed by atoms with E-state index >= 15 is 0 Å². The molecule has 2 rings (SSSR count). The third-order valence-electron chi connectivity index (χ3n) is 3.28. The van der Waals surface area contributed by atoms with Crippen molar-refractivity contribution < 1.29 is 13.2 Å². The number of likely N-dealkylation sites (tertiary alicyclic amines) is 1. The van der Waals surface area contributed by atoms with Gasteiger partial charge in [0.05, 0.1) is 11.8 Å². The van der Waals surface area contributed by atoms with Gasteiger partial charge in [-0.2, -0.15) is 0 Å². The number of rotatable bonds is 5. The summed E-state index contributed by atoms with van der Waals surface area (Å²) in [4.78, 5) is 13.8. The summed E-state index contributed by atoms with van der Waals surface area (Å²) < 4.78 is 22.2. The highest BCUT2D eigenvalue weighted by molar-refractivity contribution is 7.90. The topological polar surface area (TPSA) is 66.5 Å². The van der Waals surface area contributed by atoms with E-state index in [2.05, 4.69) is 5.32 Å². The van der Waals surface area contributed by atoms with E-state index < -0.39 is 9.84 Å². The minimum atomic E-state index is -2.99. The largest absolute Gasteiger partial charge is 0.340 e. The van der Waals surface area contributed by atoms with Gasteiger partial charge in [-0.1, -0.05) is 0 Å². The van der Waals surface area contributed by atoms with Crippen LogP contribution in [0.2, 0.25) is 0 Å². The highest BCUT2D eigenvalue weighted by Gasteiger charge is 2.33. The van der Waals surface area contributed by atoms with E-state index in [1.54, 1.807) is 4.90 Å². The van der Waals surface area contributed by atoms with Gasteiger partial charge in [-0.25, -0.2) is 8.42 Å². The van der Waals surface area contributed by atoms with Crippen molar-refractivity contribution in [1.29, 1.82) is 0 Å². The molecular weight excluding hydrogens is 240 g/mol. The first kappa shape index (κ1) is 12.8. The lowest BCUT2D eigenvalue weighted by Gasteiger charge is -2.32. The summed E-state index contributed by atoms with van der Waals surface area (Å²) in [6.07, 6.45) is 5.37. The average molecular weight is 260 g/mol. The van der Waals surface area contributed by atoms with E-state index in [0.29, 0.717) is 19.1 Å². The van der Waals surface area contributed by atoms with Gasteiger partial charge in [-0.05, 0) is 25.7 Å². The van der Waals surface area contributed by atoms with Crippen molar-refractivity contribution in [2.45, 2.75) is 37.8 Å². The molecule has 0 aromatic carbocycles. The monoisotopic (exact) mass is 260 g/mol. The Bertz CT molecular complexity index is 390. The minimum absolute atomic E-state index is 0.0644. The van der Waals surface area contributed by atoms with Crippen LogP contribution in [0.5, 0.6) is 0 Å². The second-order valence-electron chi connectivity index (χ2n) is 5.09. The average Bonchev–Trinajstić information content (AvgIpc) is 3.02. The summed E-state index contributed by atoms with van der Waals surface area (Å²) >= 11 is 0. The van der Waals surface area contributed by atoms with Gasteiger partial charge in [0.25, 0.3) is 0 Å². The van der Waals surface area contributed by atoms with Gasteiger partial charge in [0.1, 0.15) is 9.84 Å². The van der Waals surface area contributed by atoms with Gasteiger partial charge < -0.3 is 10.2 Å². The molecule has 98 valence electrons. The molecule has 0 radical (unpaired) electrons. The standard InChI is InChI=1S/C11H20N2O3S/c1-17(15,16)8-7-13-6-2-3-10(11(13)14)12-9-4-5-9/h9-10,12H,2-8H2,1H3. The number of carbonyl (C=O) groups is 1. The smallest absolute Gasteiger partial charge is 0.239 e. The van der Waals surface area contributed by atoms with Crippen LogP contribution < -0.4 is 5.32 Å². The number of amides is 1. The molecule has 1 saturated carbocycles. The number of hydrogen-bond acceptors (Lipinski definition) is 4. The Morgan fingerprint density at radius 3 is 2.65 bits per heavy atom. The van der Waals surface area contributed by atoms with Gasteiger partial charge in [-0.3, -0.25) is 4.79 Å². The van der Waals surface area contributed by atoms with E-state index in [4.69, 9.17) is 0 Å². The van der Waals surface area contributed by atoms with Gasteiger partial charge in [0.15, 0.2) is 0 Å². The molecule has 1 heterocycles. The highest BCUT2D eigenvalue weighted by Crippen LogP contribution is 2.22. The van der Waals surface area contributed by atoms with Crippen LogP contribution in [0.3, 0.4) is 0 Å². The Morgan fingerprint density at radius 1 is 1.35 bits per heavy atom. The van der Waals surface area contributed by atoms with Gasteiger partial charge in [-0.15, -0.1) is 0 Å². The molecule has 0 bridgehead atoms. The quantitative estimate of drug-likeness (QED) is 0.742. The van der Waals surface area contributed by atoms with Gasteiger partial charge in [0, 0.05) is 25.4 Å². The molecule has 2 aliphatic rings. The fourth-order valence-electron chi connectivity index (χ4n) is 2.13. The fourth-order valence-corrected chi connectivity index (χ4v) is 2.68. The first-order valence-electron chi connectivity index (χ1n) is 6.18. The van der Waals surface area contributed by atoms with E-state index in [0.717, 1.165) is 25.7 Å². The Balaban J connectivity index is 1.86. The Morgan fingerprint density at radius 2 is 2.06 bits per heavy atom. The molecule has 5 nitrogen and oxygen atoms in total. The van der Waals surface area contributed by atoms with Crippen LogP contribution in [0.4, 0.5) is 0 Å². The molecule has 1 aliphatic heterocycles. The van der Waals surface area contributed by atoms with E-state index in [1.807, 2.05) is 0 Å². The second kappa shape index (κ2) is 4.94. The van der Waals surface area contributed by atoms with Crippen molar-refractivity contribution >= 4 is 15.7 Å². The Labute approximate surface area is 102 Å². The third kappa shape index (κ3) is 3.96. The summed E-state index contributed by atoms with van der Waals surface area (Å²) in [7, 11) is -2.99. The molecule has 2 fully saturated rings. The molecule has 0 spiro atoms. The van der Waals surface area contributed by atoms with Crippen molar-refractivity contribution in [3.63, 3.8) is 0 Å². The lowest BCUT2D eigenvalue weighted by Crippen LogP contribution is -2.52. The number of hydrogen-bond donors (Lipinski definition) is 1. The number of sulfone groups is 1. The van der Waals surface area contributed by atoms with Crippen LogP contribution in [0.1, 0.15) is 25.7 Å². The predicted molar refractivity (Wildman–Crippen MR) is 65.5 cm³/mol. The van der Waals surface area contributed by atoms with E-state index in [-0.39, 0.29) is 17.7 Å². The fraction of sp³-hybridized carbons (Fsp3) is 0.909. The van der Waals surface area contributed by atoms with Crippen LogP contribution in [0.15, 0.2) is 0 Å². The zero-order valence-electron chi connectivity index (χ0n) is 10.2. The molecule has 1 saturated heterocycles. The van der Waals surface area contributed by atoms with Crippen molar-refractivity contribution in [2.75, 3.05) is 25.1 Å². The predicted octanol–water partition coefficient (Wildman–Crippen LogP) is -0.226. The normalized spacial score (nSPS) is 26.3. The first-order chi connectivity index (χ1) is 7.96. The SMILES string of the molecule is CS(=O)(=O)CCN1CCCC(NC2CC2)C1=O. The zero-order chi connectivity index (χ0) is 12.5. The summed E-state index contributed by atoms with van der Waals surface area (Å²) in [5.41, 5.74) is 0. The summed E-state index contributed by atoms with van der Waals surface area (Å²) in [5, 5.41) is 3.33. The maximum absolute atomic E-state index is 12.1. The molecule has 1 atom stereocenters. The van der Waals surface area contributed by atoms with Crippen molar-refractivity contribution in [2.24, 2.45) is 0 Å². The number of piperidine rings is 1. The van der Waals surface area contributed by atoms with Crippen LogP contribution in [0, 0.1) is 0 Å². The molecule has 0 aromatic rings. The highest BCUT2D eigenvalue weighted by atomic mass is 32.2. The summed E-state index contributed by atoms with van der Waals surface area (Å²) in [5.74, 6) is 0.140. The van der Waals surface area contributed by atoms with Crippen LogP contribution in [-0.2, 0) is 14.6 Å². The molecule has 1 unspecified atom stereocenters. The number of carbonyl (C=O) groups excluding carboxylic acids is 1. The molecule has 1 amide bonds. The molecular formula is C11H20N2O3S. The Kier molecular flexibility index (Phi) is 3.73. The van der Waals surface area contributed by atoms with Crippen molar-refractivity contribution in [3.8, 4) is 0 Å². The molecule has 1 aliphatic carbocycles. The summed E-state index contributed by atoms with van der Waals surface area (Å²) in [6, 6.07) is 0.426. The molecule has 6 heteroatoms. The van der Waals surface area contributed by atoms with E-state index in [9.17, 15) is 13.2 Å². The van der Waals surface area contributed by atoms with Crippen LogP contribution in [-0.4, -0.2) is 56.4 Å². The van der Waals surface area contributed by atoms with Gasteiger partial charge in [0.2, 0.25) is 5.91 Å². The molecule has 0 aromatic heterocycles. The lowest BCUT2D eigenvalue weighted by atomic mass is 10.0. The zero-order valence-corrected chi connectivity index (χ0v) is 11.0. The van der Waals surface area contributed by atoms with Crippen molar-refractivity contribution in [3.05, 3.63) is 0 Å². The maximum atomic E-state index is 12.1. The lowest BCUT2D eigenvalue weighted by molar-refractivity contribution is -0.135. The molecule has 17 heavy (non-hydrogen) atoms. The number of nitrogens with one attached hydrogen (secondary N) is 1. The Hall–Kier alpha value is -0.620. The molecule has 1 N–H and O–H groups in total. The van der Waals surface area contributed by atoms with Crippen LogP contribution in [0.25, 0.3) is 0 Å².